The molecule has 1 atom stereocenters. The average Bonchev–Trinajstić information content (AvgIpc) is 2.48. The average molecular weight is 425 g/mol. The summed E-state index contributed by atoms with van der Waals surface area (Å²) >= 11 is 0. The van der Waals surface area contributed by atoms with Gasteiger partial charge in [-0.1, -0.05) is 47.6 Å². The van der Waals surface area contributed by atoms with Gasteiger partial charge in [0.05, 0.1) is 18.5 Å². The van der Waals surface area contributed by atoms with E-state index in [9.17, 15) is 13.2 Å². The van der Waals surface area contributed by atoms with Crippen LogP contribution in [0.4, 0.5) is 5.69 Å². The van der Waals surface area contributed by atoms with Crippen LogP contribution in [-0.2, 0) is 20.2 Å². The molecule has 1 aliphatic heterocycles. The molecule has 0 spiro atoms. The molecule has 0 saturated heterocycles. The van der Waals surface area contributed by atoms with Gasteiger partial charge in [-0.15, -0.1) is 0 Å². The van der Waals surface area contributed by atoms with Crippen LogP contribution in [0.25, 0.3) is 0 Å². The molecule has 0 unspecified atom stereocenters. The number of sulfonamides is 1. The number of hydrogen-bond donors (Lipinski definition) is 1. The van der Waals surface area contributed by atoms with Gasteiger partial charge in [-0.25, -0.2) is 8.42 Å². The first-order chi connectivity index (χ1) is 12.9. The zero-order valence-electron chi connectivity index (χ0n) is 19.2. The van der Waals surface area contributed by atoms with E-state index in [4.69, 9.17) is 4.74 Å². The highest BCUT2D eigenvalue weighted by Crippen LogP contribution is 2.38. The third-order valence-electron chi connectivity index (χ3n) is 4.82. The number of carbonyl (C=O) groups excluding carboxylic acids is 1. The molecule has 1 amide bonds. The number of nitrogens with zero attached hydrogens (tertiary/aromatic N) is 1. The van der Waals surface area contributed by atoms with E-state index in [0.29, 0.717) is 11.4 Å². The fourth-order valence-corrected chi connectivity index (χ4v) is 4.86. The lowest BCUT2D eigenvalue weighted by Gasteiger charge is -2.38. The number of nitrogens with one attached hydrogen (secondary N) is 1. The number of anilines is 1. The monoisotopic (exact) mass is 424 g/mol. The standard InChI is InChI=1S/C22H36N2O4S/c1-20(2,3)14-22(7,8)23-19(25)18-13-24(29(9,26)27)16-12-15(21(4,5)6)10-11-17(16)28-18/h10-12,18H,13-14H2,1-9H3,(H,23,25)/t18-/m1/s1. The van der Waals surface area contributed by atoms with Crippen LogP contribution < -0.4 is 14.4 Å². The molecule has 0 saturated carbocycles. The maximum Gasteiger partial charge on any atom is 0.263 e. The number of carbonyl (C=O) groups is 1. The second-order valence-corrected chi connectivity index (χ2v) is 12.9. The quantitative estimate of drug-likeness (QED) is 0.797. The van der Waals surface area contributed by atoms with Gasteiger partial charge in [0, 0.05) is 5.54 Å². The maximum atomic E-state index is 13.0. The van der Waals surface area contributed by atoms with Crippen LogP contribution in [0, 0.1) is 5.41 Å². The summed E-state index contributed by atoms with van der Waals surface area (Å²) in [6, 6.07) is 5.52. The summed E-state index contributed by atoms with van der Waals surface area (Å²) in [6.07, 6.45) is 1.03. The Morgan fingerprint density at radius 3 is 2.21 bits per heavy atom. The lowest BCUT2D eigenvalue weighted by molar-refractivity contribution is -0.129. The second-order valence-electron chi connectivity index (χ2n) is 10.9. The van der Waals surface area contributed by atoms with E-state index in [-0.39, 0.29) is 23.3 Å². The molecular weight excluding hydrogens is 388 g/mol. The Bertz CT molecular complexity index is 877. The summed E-state index contributed by atoms with van der Waals surface area (Å²) in [7, 11) is -3.57. The van der Waals surface area contributed by atoms with Gasteiger partial charge in [-0.2, -0.15) is 0 Å². The number of amides is 1. The minimum Gasteiger partial charge on any atom is -0.476 e. The molecule has 6 nitrogen and oxygen atoms in total. The van der Waals surface area contributed by atoms with Crippen molar-refractivity contribution >= 4 is 21.6 Å². The Morgan fingerprint density at radius 1 is 1.14 bits per heavy atom. The van der Waals surface area contributed by atoms with Crippen molar-refractivity contribution in [1.82, 2.24) is 5.32 Å². The number of benzene rings is 1. The molecule has 1 aliphatic rings. The molecule has 1 aromatic carbocycles. The Labute approximate surface area is 176 Å². The Hall–Kier alpha value is -1.76. The van der Waals surface area contributed by atoms with E-state index >= 15 is 0 Å². The molecule has 0 aromatic heterocycles. The SMILES string of the molecule is CC(C)(C)CC(C)(C)NC(=O)[C@H]1CN(S(C)(=O)=O)c2cc(C(C)(C)C)ccc2O1. The highest BCUT2D eigenvalue weighted by atomic mass is 32.2. The zero-order valence-corrected chi connectivity index (χ0v) is 20.0. The normalized spacial score (nSPS) is 18.1. The van der Waals surface area contributed by atoms with Gasteiger partial charge < -0.3 is 10.1 Å². The first-order valence-electron chi connectivity index (χ1n) is 10.0. The minimum atomic E-state index is -3.57. The summed E-state index contributed by atoms with van der Waals surface area (Å²) in [4.78, 5) is 13.0. The third-order valence-corrected chi connectivity index (χ3v) is 5.97. The van der Waals surface area contributed by atoms with E-state index < -0.39 is 21.7 Å². The first-order valence-corrected chi connectivity index (χ1v) is 11.8. The van der Waals surface area contributed by atoms with Crippen LogP contribution in [0.2, 0.25) is 0 Å². The van der Waals surface area contributed by atoms with Crippen LogP contribution >= 0.6 is 0 Å². The molecule has 0 radical (unpaired) electrons. The maximum absolute atomic E-state index is 13.0. The van der Waals surface area contributed by atoms with Crippen LogP contribution in [0.15, 0.2) is 18.2 Å². The van der Waals surface area contributed by atoms with E-state index in [0.717, 1.165) is 18.2 Å². The molecule has 1 aromatic rings. The Morgan fingerprint density at radius 2 is 1.72 bits per heavy atom. The van der Waals surface area contributed by atoms with Crippen molar-refractivity contribution in [2.24, 2.45) is 5.41 Å². The summed E-state index contributed by atoms with van der Waals surface area (Å²) in [6.45, 7) is 16.4. The van der Waals surface area contributed by atoms with E-state index in [1.54, 1.807) is 6.07 Å². The predicted molar refractivity (Wildman–Crippen MR) is 118 cm³/mol. The number of fused-ring (bicyclic) bond motifs is 1. The molecule has 1 heterocycles. The zero-order chi connectivity index (χ0) is 22.4. The van der Waals surface area contributed by atoms with E-state index in [2.05, 4.69) is 46.9 Å². The molecular formula is C22H36N2O4S. The molecule has 0 fully saturated rings. The fourth-order valence-electron chi connectivity index (χ4n) is 3.95. The van der Waals surface area contributed by atoms with Crippen LogP contribution in [0.5, 0.6) is 5.75 Å². The van der Waals surface area contributed by atoms with Crippen molar-refractivity contribution in [3.63, 3.8) is 0 Å². The third kappa shape index (κ3) is 6.11. The van der Waals surface area contributed by atoms with Crippen LogP contribution in [-0.4, -0.2) is 38.8 Å². The summed E-state index contributed by atoms with van der Waals surface area (Å²) in [5.41, 5.74) is 0.952. The van der Waals surface area contributed by atoms with Gasteiger partial charge in [0.2, 0.25) is 10.0 Å². The van der Waals surface area contributed by atoms with Crippen LogP contribution in [0.3, 0.4) is 0 Å². The number of rotatable bonds is 4. The predicted octanol–water partition coefficient (Wildman–Crippen LogP) is 3.84. The van der Waals surface area contributed by atoms with Gasteiger partial charge in [-0.3, -0.25) is 9.10 Å². The van der Waals surface area contributed by atoms with Crippen molar-refractivity contribution in [3.05, 3.63) is 23.8 Å². The van der Waals surface area contributed by atoms with Crippen molar-refractivity contribution in [3.8, 4) is 5.75 Å². The molecule has 2 rings (SSSR count). The van der Waals surface area contributed by atoms with Gasteiger partial charge in [0.15, 0.2) is 6.10 Å². The van der Waals surface area contributed by atoms with E-state index in [1.165, 1.54) is 4.31 Å². The van der Waals surface area contributed by atoms with E-state index in [1.807, 2.05) is 26.0 Å². The molecule has 164 valence electrons. The largest absolute Gasteiger partial charge is 0.476 e. The summed E-state index contributed by atoms with van der Waals surface area (Å²) in [5, 5.41) is 3.04. The van der Waals surface area contributed by atoms with Gasteiger partial charge >= 0.3 is 0 Å². The van der Waals surface area contributed by atoms with Gasteiger partial charge in [0.1, 0.15) is 5.75 Å². The topological polar surface area (TPSA) is 75.7 Å². The number of hydrogen-bond acceptors (Lipinski definition) is 4. The number of ether oxygens (including phenoxy) is 1. The molecule has 0 aliphatic carbocycles. The smallest absolute Gasteiger partial charge is 0.263 e. The van der Waals surface area contributed by atoms with Crippen LogP contribution in [0.1, 0.15) is 67.4 Å². The molecule has 0 bridgehead atoms. The van der Waals surface area contributed by atoms with Crippen molar-refractivity contribution in [2.75, 3.05) is 17.1 Å². The lowest BCUT2D eigenvalue weighted by Crippen LogP contribution is -2.55. The second kappa shape index (κ2) is 7.49. The van der Waals surface area contributed by atoms with Crippen molar-refractivity contribution in [1.29, 1.82) is 0 Å². The molecule has 29 heavy (non-hydrogen) atoms. The van der Waals surface area contributed by atoms with Gasteiger partial charge in [-0.05, 0) is 48.8 Å². The van der Waals surface area contributed by atoms with Gasteiger partial charge in [0.25, 0.3) is 5.91 Å². The molecule has 1 N–H and O–H groups in total. The Balaban J connectivity index is 2.34. The fraction of sp³-hybridized carbons (Fsp3) is 0.682. The van der Waals surface area contributed by atoms with Crippen molar-refractivity contribution in [2.45, 2.75) is 78.9 Å². The first kappa shape index (κ1) is 23.5. The minimum absolute atomic E-state index is 0.0406. The Kier molecular flexibility index (Phi) is 6.07. The highest BCUT2D eigenvalue weighted by molar-refractivity contribution is 7.92. The highest BCUT2D eigenvalue weighted by Gasteiger charge is 2.38. The summed E-state index contributed by atoms with van der Waals surface area (Å²) in [5.74, 6) is 0.0990. The lowest BCUT2D eigenvalue weighted by atomic mass is 9.81. The summed E-state index contributed by atoms with van der Waals surface area (Å²) < 4.78 is 32.2. The molecule has 7 heteroatoms. The van der Waals surface area contributed by atoms with Crippen molar-refractivity contribution < 1.29 is 17.9 Å².